The van der Waals surface area contributed by atoms with Crippen molar-refractivity contribution in [3.05, 3.63) is 341 Å². The molecule has 11 aromatic carbocycles. The van der Waals surface area contributed by atoms with Crippen molar-refractivity contribution < 1.29 is 17.6 Å². The van der Waals surface area contributed by atoms with E-state index in [-0.39, 0.29) is 11.1 Å². The summed E-state index contributed by atoms with van der Waals surface area (Å²) in [6.45, 7) is 7.97. The fraction of sp³-hybridized carbons (Fsp3) is 0.0278. The molecule has 0 saturated heterocycles. The van der Waals surface area contributed by atoms with Crippen LogP contribution in [0.15, 0.2) is 262 Å². The SMILES string of the molecule is C=Cc1ccc(C2(c3c(F)cccc3F)c3ccccc3-c3ccc(N(c4ccc(-c5cccc(-c6ccccc6)c5)cc4)c4ccc5c(c4)C(c4ccc(C=C)cc4)(c4c(F)cccc4F)c4ccccc4-5)cc32)cc1. The Labute approximate surface area is 445 Å². The van der Waals surface area contributed by atoms with Gasteiger partial charge in [-0.1, -0.05) is 207 Å². The van der Waals surface area contributed by atoms with Gasteiger partial charge in [0.1, 0.15) is 23.3 Å². The van der Waals surface area contributed by atoms with Gasteiger partial charge in [-0.15, -0.1) is 0 Å². The minimum Gasteiger partial charge on any atom is -0.310 e. The van der Waals surface area contributed by atoms with Gasteiger partial charge >= 0.3 is 0 Å². The Hall–Kier alpha value is -9.58. The van der Waals surface area contributed by atoms with Crippen LogP contribution in [0, 0.1) is 23.3 Å². The molecular formula is C72H47F4N. The molecule has 2 unspecified atom stereocenters. The van der Waals surface area contributed by atoms with Crippen LogP contribution in [0.3, 0.4) is 0 Å². The zero-order chi connectivity index (χ0) is 52.4. The first-order valence-electron chi connectivity index (χ1n) is 25.6. The van der Waals surface area contributed by atoms with Crippen LogP contribution in [0.5, 0.6) is 0 Å². The van der Waals surface area contributed by atoms with Crippen molar-refractivity contribution in [2.24, 2.45) is 0 Å². The Kier molecular flexibility index (Phi) is 11.4. The van der Waals surface area contributed by atoms with Crippen LogP contribution >= 0.6 is 0 Å². The molecule has 368 valence electrons. The number of hydrogen-bond donors (Lipinski definition) is 0. The number of nitrogens with zero attached hydrogens (tertiary/aromatic N) is 1. The predicted octanol–water partition coefficient (Wildman–Crippen LogP) is 19.1. The third-order valence-electron chi connectivity index (χ3n) is 15.8. The Balaban J connectivity index is 1.08. The number of halogens is 4. The third-order valence-corrected chi connectivity index (χ3v) is 15.8. The lowest BCUT2D eigenvalue weighted by Gasteiger charge is -2.36. The van der Waals surface area contributed by atoms with Gasteiger partial charge < -0.3 is 4.90 Å². The van der Waals surface area contributed by atoms with E-state index in [2.05, 4.69) is 90.9 Å². The van der Waals surface area contributed by atoms with Crippen LogP contribution in [0.1, 0.15) is 55.6 Å². The Morgan fingerprint density at radius 1 is 0.299 bits per heavy atom. The minimum absolute atomic E-state index is 0.0854. The minimum atomic E-state index is -1.45. The summed E-state index contributed by atoms with van der Waals surface area (Å²) in [6.07, 6.45) is 3.50. The van der Waals surface area contributed by atoms with Crippen molar-refractivity contribution in [3.8, 4) is 44.5 Å². The highest BCUT2D eigenvalue weighted by molar-refractivity contribution is 5.93. The van der Waals surface area contributed by atoms with Crippen molar-refractivity contribution in [1.29, 1.82) is 0 Å². The molecule has 0 amide bonds. The van der Waals surface area contributed by atoms with Crippen molar-refractivity contribution in [2.45, 2.75) is 10.8 Å². The zero-order valence-corrected chi connectivity index (χ0v) is 41.7. The largest absolute Gasteiger partial charge is 0.310 e. The maximum absolute atomic E-state index is 17.0. The van der Waals surface area contributed by atoms with Crippen LogP contribution in [0.4, 0.5) is 34.6 Å². The summed E-state index contributed by atoms with van der Waals surface area (Å²) in [5.41, 5.74) is 12.6. The molecule has 0 spiro atoms. The quantitative estimate of drug-likeness (QED) is 0.117. The van der Waals surface area contributed by atoms with Crippen LogP contribution in [-0.2, 0) is 10.8 Å². The van der Waals surface area contributed by atoms with E-state index in [1.807, 2.05) is 140 Å². The molecule has 0 heterocycles. The molecule has 11 aromatic rings. The molecule has 0 saturated carbocycles. The second kappa shape index (κ2) is 18.7. The summed E-state index contributed by atoms with van der Waals surface area (Å²) in [5.74, 6) is -2.70. The highest BCUT2D eigenvalue weighted by Gasteiger charge is 2.51. The summed E-state index contributed by atoms with van der Waals surface area (Å²) in [5, 5.41) is 0. The van der Waals surface area contributed by atoms with Gasteiger partial charge in [0.25, 0.3) is 0 Å². The van der Waals surface area contributed by atoms with Gasteiger partial charge in [0, 0.05) is 28.2 Å². The van der Waals surface area contributed by atoms with Gasteiger partial charge in [0.2, 0.25) is 0 Å². The molecule has 0 aromatic heterocycles. The van der Waals surface area contributed by atoms with Crippen molar-refractivity contribution in [1.82, 2.24) is 0 Å². The molecular weight excluding hydrogens is 955 g/mol. The summed E-state index contributed by atoms with van der Waals surface area (Å²) < 4.78 is 68.1. The molecule has 5 heteroatoms. The maximum Gasteiger partial charge on any atom is 0.130 e. The lowest BCUT2D eigenvalue weighted by Crippen LogP contribution is -2.31. The van der Waals surface area contributed by atoms with Gasteiger partial charge in [-0.3, -0.25) is 0 Å². The van der Waals surface area contributed by atoms with Crippen LogP contribution < -0.4 is 4.90 Å². The van der Waals surface area contributed by atoms with E-state index in [1.165, 1.54) is 36.4 Å². The molecule has 2 atom stereocenters. The van der Waals surface area contributed by atoms with E-state index in [0.717, 1.165) is 72.4 Å². The molecule has 0 aliphatic heterocycles. The highest BCUT2D eigenvalue weighted by Crippen LogP contribution is 2.61. The summed E-state index contributed by atoms with van der Waals surface area (Å²) in [7, 11) is 0. The average molecular weight is 1000 g/mol. The number of benzene rings is 11. The zero-order valence-electron chi connectivity index (χ0n) is 41.7. The van der Waals surface area contributed by atoms with Gasteiger partial charge in [-0.05, 0) is 156 Å². The molecule has 2 aliphatic carbocycles. The topological polar surface area (TPSA) is 3.24 Å². The lowest BCUT2D eigenvalue weighted by atomic mass is 9.67. The van der Waals surface area contributed by atoms with Gasteiger partial charge in [0.05, 0.1) is 10.8 Å². The summed E-state index contributed by atoms with van der Waals surface area (Å²) in [6, 6.07) is 78.6. The van der Waals surface area contributed by atoms with Gasteiger partial charge in [-0.2, -0.15) is 0 Å². The van der Waals surface area contributed by atoms with E-state index in [1.54, 1.807) is 12.2 Å². The monoisotopic (exact) mass is 1000 g/mol. The highest BCUT2D eigenvalue weighted by atomic mass is 19.1. The average Bonchev–Trinajstić information content (AvgIpc) is 4.07. The molecule has 2 aliphatic rings. The fourth-order valence-electron chi connectivity index (χ4n) is 12.5. The van der Waals surface area contributed by atoms with Crippen LogP contribution in [-0.4, -0.2) is 0 Å². The first-order chi connectivity index (χ1) is 37.7. The summed E-state index contributed by atoms with van der Waals surface area (Å²) >= 11 is 0. The Bertz CT molecular complexity index is 3880. The first-order valence-corrected chi connectivity index (χ1v) is 25.6. The molecule has 13 rings (SSSR count). The molecule has 0 N–H and O–H groups in total. The first kappa shape index (κ1) is 47.2. The van der Waals surface area contributed by atoms with E-state index in [4.69, 9.17) is 0 Å². The number of anilines is 3. The van der Waals surface area contributed by atoms with Crippen molar-refractivity contribution in [3.63, 3.8) is 0 Å². The molecule has 77 heavy (non-hydrogen) atoms. The second-order valence-corrected chi connectivity index (χ2v) is 19.7. The number of fused-ring (bicyclic) bond motifs is 6. The standard InChI is InChI=1S/C72H47F4N/c1-3-46-27-33-52(34-28-46)71(69-65(73)23-13-24-66(69)74)61-21-10-8-19-57(61)59-41-39-55(44-63(59)71)77(54-37-31-49(32-38-54)51-18-12-17-50(43-51)48-15-6-5-7-16-48)56-40-42-60-58-20-9-11-22-62(58)72(64(60)45-56,53-35-29-47(4-2)30-36-53)70-67(75)25-14-26-68(70)76/h3-45H,1-2H2. The van der Waals surface area contributed by atoms with Crippen LogP contribution in [0.2, 0.25) is 0 Å². The van der Waals surface area contributed by atoms with Gasteiger partial charge in [-0.25, -0.2) is 17.6 Å². The van der Waals surface area contributed by atoms with Crippen molar-refractivity contribution in [2.75, 3.05) is 4.90 Å². The predicted molar refractivity (Wildman–Crippen MR) is 307 cm³/mol. The third kappa shape index (κ3) is 7.29. The Morgan fingerprint density at radius 3 is 1.10 bits per heavy atom. The second-order valence-electron chi connectivity index (χ2n) is 19.7. The molecule has 0 fully saturated rings. The normalized spacial score (nSPS) is 15.7. The van der Waals surface area contributed by atoms with Gasteiger partial charge in [0.15, 0.2) is 0 Å². The molecule has 0 bridgehead atoms. The maximum atomic E-state index is 17.0. The number of hydrogen-bond acceptors (Lipinski definition) is 1. The van der Waals surface area contributed by atoms with Crippen LogP contribution in [0.25, 0.3) is 56.7 Å². The summed E-state index contributed by atoms with van der Waals surface area (Å²) in [4.78, 5) is 2.13. The molecule has 0 radical (unpaired) electrons. The fourth-order valence-corrected chi connectivity index (χ4v) is 12.5. The lowest BCUT2D eigenvalue weighted by molar-refractivity contribution is 0.526. The Morgan fingerprint density at radius 2 is 0.662 bits per heavy atom. The van der Waals surface area contributed by atoms with E-state index in [9.17, 15) is 0 Å². The van der Waals surface area contributed by atoms with Crippen molar-refractivity contribution >= 4 is 29.2 Å². The molecule has 1 nitrogen and oxygen atoms in total. The van der Waals surface area contributed by atoms with E-state index >= 15 is 17.6 Å². The smallest absolute Gasteiger partial charge is 0.130 e. The van der Waals surface area contributed by atoms with E-state index in [0.29, 0.717) is 33.6 Å². The van der Waals surface area contributed by atoms with E-state index < -0.39 is 34.1 Å². The number of rotatable bonds is 11.